The molecule has 0 aliphatic carbocycles. The second-order valence-corrected chi connectivity index (χ2v) is 7.52. The fourth-order valence-corrected chi connectivity index (χ4v) is 3.50. The molecule has 4 N–H and O–H groups in total. The van der Waals surface area contributed by atoms with Crippen LogP contribution in [0.3, 0.4) is 0 Å². The molecule has 158 valence electrons. The number of amides is 2. The number of benzene rings is 2. The molecule has 8 heteroatoms. The van der Waals surface area contributed by atoms with E-state index >= 15 is 0 Å². The van der Waals surface area contributed by atoms with Gasteiger partial charge in [0.25, 0.3) is 5.91 Å². The average molecular weight is 416 g/mol. The van der Waals surface area contributed by atoms with Crippen LogP contribution in [0.15, 0.2) is 42.5 Å². The number of carbonyl (C=O) groups is 2. The summed E-state index contributed by atoms with van der Waals surface area (Å²) in [6, 6.07) is 11.0. The molecule has 0 radical (unpaired) electrons. The summed E-state index contributed by atoms with van der Waals surface area (Å²) in [6.45, 7) is 4.24. The van der Waals surface area contributed by atoms with Gasteiger partial charge in [0.2, 0.25) is 5.91 Å². The Kier molecular flexibility index (Phi) is 6.07. The van der Waals surface area contributed by atoms with Crippen LogP contribution >= 0.6 is 0 Å². The maximum atomic E-state index is 12.9. The third kappa shape index (κ3) is 4.26. The van der Waals surface area contributed by atoms with E-state index in [0.29, 0.717) is 34.6 Å². The van der Waals surface area contributed by atoms with E-state index in [2.05, 4.69) is 11.9 Å². The van der Waals surface area contributed by atoms with Crippen molar-refractivity contribution < 1.29 is 9.59 Å². The number of nitrogens with two attached hydrogens (primary N) is 1. The molecular formula is C23H24N6O2. The van der Waals surface area contributed by atoms with Crippen LogP contribution in [0.4, 0.5) is 11.4 Å². The molecule has 2 aromatic carbocycles. The normalized spacial score (nSPS) is 12.2. The lowest BCUT2D eigenvalue weighted by Crippen LogP contribution is -2.28. The Hall–Kier alpha value is -4.12. The second kappa shape index (κ2) is 8.71. The minimum atomic E-state index is -0.225. The van der Waals surface area contributed by atoms with Crippen LogP contribution in [0.25, 0.3) is 11.1 Å². The first kappa shape index (κ1) is 21.6. The van der Waals surface area contributed by atoms with Gasteiger partial charge in [0.05, 0.1) is 24.7 Å². The molecule has 0 saturated carbocycles. The number of likely N-dealkylation sites (N-methyl/N-ethyl adjacent to an activating group) is 1. The second-order valence-electron chi connectivity index (χ2n) is 7.52. The van der Waals surface area contributed by atoms with E-state index in [-0.39, 0.29) is 24.9 Å². The Labute approximate surface area is 181 Å². The number of nitriles is 1. The first-order valence-electron chi connectivity index (χ1n) is 9.64. The number of nitrogens with zero attached hydrogens (tertiary/aromatic N) is 3. The van der Waals surface area contributed by atoms with Crippen molar-refractivity contribution in [3.63, 3.8) is 0 Å². The van der Waals surface area contributed by atoms with Crippen molar-refractivity contribution in [1.82, 2.24) is 9.80 Å². The molecule has 1 heterocycles. The molecule has 0 aromatic heterocycles. The Balaban J connectivity index is 2.00. The van der Waals surface area contributed by atoms with Gasteiger partial charge in [-0.3, -0.25) is 9.59 Å². The van der Waals surface area contributed by atoms with E-state index in [1.54, 1.807) is 31.1 Å². The lowest BCUT2D eigenvalue weighted by Gasteiger charge is -2.16. The van der Waals surface area contributed by atoms with Gasteiger partial charge in [0.15, 0.2) is 0 Å². The zero-order valence-corrected chi connectivity index (χ0v) is 17.5. The maximum Gasteiger partial charge on any atom is 0.256 e. The van der Waals surface area contributed by atoms with E-state index in [1.807, 2.05) is 24.3 Å². The molecule has 1 aliphatic heterocycles. The molecule has 31 heavy (non-hydrogen) atoms. The highest BCUT2D eigenvalue weighted by molar-refractivity contribution is 6.05. The summed E-state index contributed by atoms with van der Waals surface area (Å²) < 4.78 is 0. The van der Waals surface area contributed by atoms with Gasteiger partial charge in [0, 0.05) is 49.4 Å². The summed E-state index contributed by atoms with van der Waals surface area (Å²) in [6.07, 6.45) is 1.22. The van der Waals surface area contributed by atoms with Gasteiger partial charge in [-0.25, -0.2) is 0 Å². The first-order chi connectivity index (χ1) is 14.8. The quantitative estimate of drug-likeness (QED) is 0.363. The van der Waals surface area contributed by atoms with Crippen LogP contribution in [0.5, 0.6) is 0 Å². The minimum Gasteiger partial charge on any atom is -0.398 e. The van der Waals surface area contributed by atoms with E-state index in [1.165, 1.54) is 11.1 Å². The summed E-state index contributed by atoms with van der Waals surface area (Å²) in [5.41, 5.74) is 11.0. The molecule has 0 bridgehead atoms. The summed E-state index contributed by atoms with van der Waals surface area (Å²) in [7, 11) is 3.36. The number of anilines is 2. The van der Waals surface area contributed by atoms with Crippen molar-refractivity contribution in [1.29, 1.82) is 10.7 Å². The van der Waals surface area contributed by atoms with Crippen LogP contribution in [0.2, 0.25) is 0 Å². The fourth-order valence-electron chi connectivity index (χ4n) is 3.50. The third-order valence-electron chi connectivity index (χ3n) is 5.18. The predicted molar refractivity (Wildman–Crippen MR) is 121 cm³/mol. The van der Waals surface area contributed by atoms with E-state index in [9.17, 15) is 9.59 Å². The lowest BCUT2D eigenvalue weighted by atomic mass is 9.94. The first-order valence-corrected chi connectivity index (χ1v) is 9.64. The smallest absolute Gasteiger partial charge is 0.256 e. The van der Waals surface area contributed by atoms with Gasteiger partial charge in [-0.05, 0) is 28.8 Å². The highest BCUT2D eigenvalue weighted by Gasteiger charge is 2.32. The van der Waals surface area contributed by atoms with Gasteiger partial charge in [-0.15, -0.1) is 0 Å². The third-order valence-corrected chi connectivity index (χ3v) is 5.18. The van der Waals surface area contributed by atoms with Crippen molar-refractivity contribution in [3.8, 4) is 17.2 Å². The Morgan fingerprint density at radius 1 is 1.39 bits per heavy atom. The zero-order chi connectivity index (χ0) is 22.7. The SMILES string of the molecule is C=C(C#N)CN1Cc2c(-c3ccc(C=N)c(NCC(=O)N(C)C)c3)ccc(N)c2C1=O. The van der Waals surface area contributed by atoms with Crippen molar-refractivity contribution in [3.05, 3.63) is 59.2 Å². The van der Waals surface area contributed by atoms with Crippen LogP contribution in [-0.2, 0) is 11.3 Å². The molecular weight excluding hydrogens is 392 g/mol. The molecule has 0 fully saturated rings. The van der Waals surface area contributed by atoms with Gasteiger partial charge in [0.1, 0.15) is 0 Å². The van der Waals surface area contributed by atoms with E-state index < -0.39 is 0 Å². The molecule has 2 amide bonds. The largest absolute Gasteiger partial charge is 0.398 e. The van der Waals surface area contributed by atoms with Crippen molar-refractivity contribution in [2.24, 2.45) is 0 Å². The molecule has 0 spiro atoms. The Morgan fingerprint density at radius 3 is 2.77 bits per heavy atom. The fraction of sp³-hybridized carbons (Fsp3) is 0.217. The number of nitrogens with one attached hydrogen (secondary N) is 2. The number of fused-ring (bicyclic) bond motifs is 1. The van der Waals surface area contributed by atoms with E-state index in [4.69, 9.17) is 16.4 Å². The summed E-state index contributed by atoms with van der Waals surface area (Å²) >= 11 is 0. The van der Waals surface area contributed by atoms with Crippen LogP contribution < -0.4 is 11.1 Å². The summed E-state index contributed by atoms with van der Waals surface area (Å²) in [5.74, 6) is -0.314. The van der Waals surface area contributed by atoms with Crippen LogP contribution in [0.1, 0.15) is 21.5 Å². The van der Waals surface area contributed by atoms with Crippen LogP contribution in [0, 0.1) is 16.7 Å². The molecule has 0 atom stereocenters. The Bertz CT molecular complexity index is 1130. The maximum absolute atomic E-state index is 12.9. The van der Waals surface area contributed by atoms with Crippen molar-refractivity contribution >= 4 is 29.4 Å². The highest BCUT2D eigenvalue weighted by atomic mass is 16.2. The number of carbonyl (C=O) groups excluding carboxylic acids is 2. The van der Waals surface area contributed by atoms with Gasteiger partial charge in [-0.1, -0.05) is 24.8 Å². The highest BCUT2D eigenvalue weighted by Crippen LogP contribution is 2.37. The molecule has 8 nitrogen and oxygen atoms in total. The monoisotopic (exact) mass is 416 g/mol. The molecule has 3 rings (SSSR count). The van der Waals surface area contributed by atoms with Crippen LogP contribution in [-0.4, -0.2) is 55.0 Å². The topological polar surface area (TPSA) is 126 Å². The molecule has 0 unspecified atom stereocenters. The van der Waals surface area contributed by atoms with Gasteiger partial charge < -0.3 is 26.3 Å². The van der Waals surface area contributed by atoms with Crippen molar-refractivity contribution in [2.45, 2.75) is 6.54 Å². The average Bonchev–Trinajstić information content (AvgIpc) is 3.08. The standard InChI is InChI=1S/C23H24N6O2/c1-14(9-24)12-29-13-18-17(6-7-19(26)22(18)23(29)31)15-4-5-16(10-25)20(8-15)27-11-21(30)28(2)3/h4-8,10,25,27H,1,11-13,26H2,2-3H3. The molecule has 0 saturated heterocycles. The molecule has 1 aliphatic rings. The number of nitrogen functional groups attached to an aromatic ring is 1. The van der Waals surface area contributed by atoms with Gasteiger partial charge >= 0.3 is 0 Å². The lowest BCUT2D eigenvalue weighted by molar-refractivity contribution is -0.126. The molecule has 2 aromatic rings. The predicted octanol–water partition coefficient (Wildman–Crippen LogP) is 2.47. The number of hydrogen-bond acceptors (Lipinski definition) is 6. The summed E-state index contributed by atoms with van der Waals surface area (Å²) in [5, 5.41) is 19.8. The number of rotatable bonds is 7. The van der Waals surface area contributed by atoms with Crippen molar-refractivity contribution in [2.75, 3.05) is 38.2 Å². The van der Waals surface area contributed by atoms with Gasteiger partial charge in [-0.2, -0.15) is 5.26 Å². The number of hydrogen-bond donors (Lipinski definition) is 3. The zero-order valence-electron chi connectivity index (χ0n) is 17.5. The minimum absolute atomic E-state index is 0.0892. The Morgan fingerprint density at radius 2 is 2.13 bits per heavy atom. The summed E-state index contributed by atoms with van der Waals surface area (Å²) in [4.78, 5) is 27.9. The van der Waals surface area contributed by atoms with E-state index in [0.717, 1.165) is 16.7 Å².